The van der Waals surface area contributed by atoms with Gasteiger partial charge >= 0.3 is 0 Å². The van der Waals surface area contributed by atoms with Crippen molar-refractivity contribution in [2.75, 3.05) is 18.5 Å². The number of carbonyl (C=O) groups excluding carboxylic acids is 1. The van der Waals surface area contributed by atoms with Crippen LogP contribution < -0.4 is 20.3 Å². The van der Waals surface area contributed by atoms with Gasteiger partial charge in [0.25, 0.3) is 5.56 Å². The first-order valence-electron chi connectivity index (χ1n) is 9.23. The summed E-state index contributed by atoms with van der Waals surface area (Å²) in [6.07, 6.45) is 0. The molecule has 0 radical (unpaired) electrons. The number of benzene rings is 1. The van der Waals surface area contributed by atoms with Crippen molar-refractivity contribution in [1.82, 2.24) is 9.97 Å². The monoisotopic (exact) mass is 431 g/mol. The van der Waals surface area contributed by atoms with E-state index in [0.29, 0.717) is 47.4 Å². The van der Waals surface area contributed by atoms with Gasteiger partial charge in [0.05, 0.1) is 16.4 Å². The Morgan fingerprint density at radius 3 is 2.86 bits per heavy atom. The third kappa shape index (κ3) is 4.11. The van der Waals surface area contributed by atoms with Gasteiger partial charge in [-0.3, -0.25) is 9.59 Å². The maximum Gasteiger partial charge on any atom is 0.259 e. The van der Waals surface area contributed by atoms with E-state index in [1.807, 2.05) is 20.8 Å². The lowest BCUT2D eigenvalue weighted by Crippen LogP contribution is -2.23. The van der Waals surface area contributed by atoms with Crippen LogP contribution in [0.15, 0.2) is 23.0 Å². The van der Waals surface area contributed by atoms with Gasteiger partial charge in [-0.1, -0.05) is 0 Å². The highest BCUT2D eigenvalue weighted by molar-refractivity contribution is 7.99. The number of hydrogen-bond donors (Lipinski definition) is 2. The van der Waals surface area contributed by atoms with Crippen molar-refractivity contribution in [3.8, 4) is 11.5 Å². The SMILES string of the molecule is Cc1sc2nc(CS[C@H](C)C(=O)Nc3ccc4c(c3)OCCO4)[nH]c(=O)c2c1C. The van der Waals surface area contributed by atoms with Gasteiger partial charge in [-0.15, -0.1) is 23.1 Å². The Hall–Kier alpha value is -2.52. The van der Waals surface area contributed by atoms with E-state index in [9.17, 15) is 9.59 Å². The summed E-state index contributed by atoms with van der Waals surface area (Å²) < 4.78 is 11.0. The van der Waals surface area contributed by atoms with Gasteiger partial charge in [-0.2, -0.15) is 0 Å². The van der Waals surface area contributed by atoms with E-state index in [0.717, 1.165) is 15.3 Å². The molecule has 2 aromatic heterocycles. The molecule has 4 rings (SSSR count). The van der Waals surface area contributed by atoms with Crippen LogP contribution >= 0.6 is 23.1 Å². The largest absolute Gasteiger partial charge is 0.486 e. The number of fused-ring (bicyclic) bond motifs is 2. The van der Waals surface area contributed by atoms with Gasteiger partial charge in [-0.25, -0.2) is 4.98 Å². The lowest BCUT2D eigenvalue weighted by molar-refractivity contribution is -0.115. The predicted molar refractivity (Wildman–Crippen MR) is 117 cm³/mol. The molecule has 1 aliphatic heterocycles. The molecule has 7 nitrogen and oxygen atoms in total. The number of thioether (sulfide) groups is 1. The second-order valence-electron chi connectivity index (χ2n) is 6.78. The standard InChI is InChI=1S/C20H21N3O4S2/c1-10-11(2)29-20-17(10)19(25)22-16(23-20)9-28-12(3)18(24)21-13-4-5-14-15(8-13)27-7-6-26-14/h4-5,8,12H,6-7,9H2,1-3H3,(H,21,24)(H,22,23,25)/t12-/m1/s1. The average Bonchev–Trinajstić information content (AvgIpc) is 3.00. The number of H-pyrrole nitrogens is 1. The molecule has 1 atom stereocenters. The Labute approximate surface area is 175 Å². The number of aromatic amines is 1. The first kappa shape index (κ1) is 19.8. The van der Waals surface area contributed by atoms with Crippen molar-refractivity contribution in [3.63, 3.8) is 0 Å². The van der Waals surface area contributed by atoms with E-state index >= 15 is 0 Å². The number of amides is 1. The van der Waals surface area contributed by atoms with Crippen molar-refractivity contribution in [2.24, 2.45) is 0 Å². The Morgan fingerprint density at radius 2 is 2.07 bits per heavy atom. The number of thiophene rings is 1. The van der Waals surface area contributed by atoms with Crippen LogP contribution in [0, 0.1) is 13.8 Å². The molecule has 0 saturated carbocycles. The number of aryl methyl sites for hydroxylation is 2. The van der Waals surface area contributed by atoms with E-state index in [2.05, 4.69) is 15.3 Å². The first-order chi connectivity index (χ1) is 13.9. The molecule has 2 N–H and O–H groups in total. The van der Waals surface area contributed by atoms with Gasteiger partial charge in [0.15, 0.2) is 11.5 Å². The molecule has 9 heteroatoms. The van der Waals surface area contributed by atoms with Crippen LogP contribution in [0.4, 0.5) is 5.69 Å². The Balaban J connectivity index is 1.40. The molecule has 0 spiro atoms. The molecular weight excluding hydrogens is 410 g/mol. The highest BCUT2D eigenvalue weighted by Gasteiger charge is 2.18. The number of nitrogens with zero attached hydrogens (tertiary/aromatic N) is 1. The van der Waals surface area contributed by atoms with Gasteiger partial charge in [0.2, 0.25) is 5.91 Å². The average molecular weight is 432 g/mol. The fourth-order valence-electron chi connectivity index (χ4n) is 3.01. The highest BCUT2D eigenvalue weighted by Crippen LogP contribution is 2.33. The zero-order valence-electron chi connectivity index (χ0n) is 16.3. The quantitative estimate of drug-likeness (QED) is 0.641. The second kappa shape index (κ2) is 8.08. The Morgan fingerprint density at radius 1 is 1.31 bits per heavy atom. The fraction of sp³-hybridized carbons (Fsp3) is 0.350. The van der Waals surface area contributed by atoms with Crippen LogP contribution in [0.5, 0.6) is 11.5 Å². The topological polar surface area (TPSA) is 93.3 Å². The minimum Gasteiger partial charge on any atom is -0.486 e. The minimum absolute atomic E-state index is 0.124. The Kier molecular flexibility index (Phi) is 5.51. The number of carbonyl (C=O) groups is 1. The van der Waals surface area contributed by atoms with E-state index in [1.54, 1.807) is 18.2 Å². The second-order valence-corrected chi connectivity index (χ2v) is 9.31. The summed E-state index contributed by atoms with van der Waals surface area (Å²) in [7, 11) is 0. The lowest BCUT2D eigenvalue weighted by Gasteiger charge is -2.19. The Bertz CT molecular complexity index is 1140. The number of hydrogen-bond acceptors (Lipinski definition) is 7. The highest BCUT2D eigenvalue weighted by atomic mass is 32.2. The molecule has 0 bridgehead atoms. The van der Waals surface area contributed by atoms with Gasteiger partial charge in [-0.05, 0) is 38.5 Å². The maximum atomic E-state index is 12.5. The summed E-state index contributed by atoms with van der Waals surface area (Å²) in [5.74, 6) is 2.20. The summed E-state index contributed by atoms with van der Waals surface area (Å²) in [6, 6.07) is 5.34. The number of nitrogens with one attached hydrogen (secondary N) is 2. The molecule has 0 saturated heterocycles. The fourth-order valence-corrected chi connectivity index (χ4v) is 4.82. The van der Waals surface area contributed by atoms with Crippen molar-refractivity contribution in [1.29, 1.82) is 0 Å². The lowest BCUT2D eigenvalue weighted by atomic mass is 10.2. The van der Waals surface area contributed by atoms with E-state index in [4.69, 9.17) is 9.47 Å². The van der Waals surface area contributed by atoms with Crippen molar-refractivity contribution >= 4 is 44.9 Å². The molecule has 152 valence electrons. The number of aromatic nitrogens is 2. The predicted octanol–water partition coefficient (Wildman–Crippen LogP) is 3.63. The van der Waals surface area contributed by atoms with Gasteiger partial charge < -0.3 is 19.8 Å². The molecule has 1 aromatic carbocycles. The van der Waals surface area contributed by atoms with Crippen molar-refractivity contribution in [3.05, 3.63) is 44.8 Å². The molecule has 1 aliphatic rings. The van der Waals surface area contributed by atoms with E-state index in [-0.39, 0.29) is 16.7 Å². The van der Waals surface area contributed by atoms with Gasteiger partial charge in [0, 0.05) is 16.6 Å². The van der Waals surface area contributed by atoms with E-state index < -0.39 is 0 Å². The zero-order valence-corrected chi connectivity index (χ0v) is 18.0. The molecule has 29 heavy (non-hydrogen) atoms. The molecule has 1 amide bonds. The minimum atomic E-state index is -0.323. The molecule has 3 heterocycles. The van der Waals surface area contributed by atoms with Crippen LogP contribution in [0.2, 0.25) is 0 Å². The number of anilines is 1. The number of ether oxygens (including phenoxy) is 2. The molecule has 3 aromatic rings. The van der Waals surface area contributed by atoms with Crippen LogP contribution in [0.1, 0.15) is 23.2 Å². The van der Waals surface area contributed by atoms with E-state index in [1.165, 1.54) is 23.1 Å². The van der Waals surface area contributed by atoms with Gasteiger partial charge in [0.1, 0.15) is 23.9 Å². The smallest absolute Gasteiger partial charge is 0.259 e. The first-order valence-corrected chi connectivity index (χ1v) is 11.1. The molecular formula is C20H21N3O4S2. The summed E-state index contributed by atoms with van der Waals surface area (Å²) in [6.45, 7) is 6.77. The number of rotatable bonds is 5. The van der Waals surface area contributed by atoms with Crippen LogP contribution in [0.3, 0.4) is 0 Å². The third-order valence-corrected chi connectivity index (χ3v) is 6.99. The molecule has 0 aliphatic carbocycles. The third-order valence-electron chi connectivity index (χ3n) is 4.74. The summed E-state index contributed by atoms with van der Waals surface area (Å²) in [4.78, 5) is 34.1. The molecule has 0 fully saturated rings. The summed E-state index contributed by atoms with van der Waals surface area (Å²) >= 11 is 2.94. The van der Waals surface area contributed by atoms with Crippen LogP contribution in [-0.2, 0) is 10.5 Å². The molecule has 0 unspecified atom stereocenters. The zero-order chi connectivity index (χ0) is 20.5. The normalized spacial score (nSPS) is 14.0. The van der Waals surface area contributed by atoms with Crippen LogP contribution in [0.25, 0.3) is 10.2 Å². The summed E-state index contributed by atoms with van der Waals surface area (Å²) in [5.41, 5.74) is 1.51. The van der Waals surface area contributed by atoms with Crippen molar-refractivity contribution in [2.45, 2.75) is 31.8 Å². The maximum absolute atomic E-state index is 12.5. The van der Waals surface area contributed by atoms with Crippen LogP contribution in [-0.4, -0.2) is 34.3 Å². The van der Waals surface area contributed by atoms with Crippen molar-refractivity contribution < 1.29 is 14.3 Å². The summed E-state index contributed by atoms with van der Waals surface area (Å²) in [5, 5.41) is 3.23.